The van der Waals surface area contributed by atoms with Crippen LogP contribution in [0.1, 0.15) is 46.2 Å². The molecular formula is C19H31FN2O. The lowest BCUT2D eigenvalue weighted by atomic mass is 10.1. The molecule has 1 rings (SSSR count). The number of hydrogen-bond acceptors (Lipinski definition) is 2. The number of carbonyl (C=O) groups excluding carboxylic acids is 1. The second-order valence-electron chi connectivity index (χ2n) is 7.23. The van der Waals surface area contributed by atoms with Gasteiger partial charge < -0.3 is 4.90 Å². The average molecular weight is 322 g/mol. The molecule has 0 aromatic heterocycles. The minimum absolute atomic E-state index is 0.0690. The van der Waals surface area contributed by atoms with E-state index in [4.69, 9.17) is 0 Å². The van der Waals surface area contributed by atoms with Crippen molar-refractivity contribution >= 4 is 5.91 Å². The van der Waals surface area contributed by atoms with Crippen molar-refractivity contribution in [1.82, 2.24) is 9.80 Å². The maximum atomic E-state index is 13.0. The maximum absolute atomic E-state index is 13.0. The minimum Gasteiger partial charge on any atom is -0.341 e. The highest BCUT2D eigenvalue weighted by molar-refractivity contribution is 5.78. The van der Waals surface area contributed by atoms with E-state index < -0.39 is 0 Å². The predicted molar refractivity (Wildman–Crippen MR) is 93.7 cm³/mol. The number of rotatable bonds is 8. The fourth-order valence-corrected chi connectivity index (χ4v) is 2.61. The summed E-state index contributed by atoms with van der Waals surface area (Å²) >= 11 is 0. The van der Waals surface area contributed by atoms with Gasteiger partial charge in [-0.3, -0.25) is 9.69 Å². The molecule has 0 aliphatic heterocycles. The third-order valence-corrected chi connectivity index (χ3v) is 3.92. The number of halogens is 1. The summed E-state index contributed by atoms with van der Waals surface area (Å²) in [4.78, 5) is 16.6. The van der Waals surface area contributed by atoms with Crippen LogP contribution in [0.15, 0.2) is 24.3 Å². The first-order chi connectivity index (χ1) is 10.7. The van der Waals surface area contributed by atoms with Gasteiger partial charge in [0.05, 0.1) is 6.54 Å². The molecule has 23 heavy (non-hydrogen) atoms. The standard InChI is InChI=1S/C19H31FN2O/c1-14(2)11-22(12-15(3)4)19(23)13-21(6)16(5)17-7-9-18(20)10-8-17/h7-10,14-16H,11-13H2,1-6H3. The van der Waals surface area contributed by atoms with E-state index in [0.29, 0.717) is 18.4 Å². The third-order valence-electron chi connectivity index (χ3n) is 3.92. The van der Waals surface area contributed by atoms with E-state index in [1.165, 1.54) is 12.1 Å². The summed E-state index contributed by atoms with van der Waals surface area (Å²) < 4.78 is 13.0. The molecule has 130 valence electrons. The highest BCUT2D eigenvalue weighted by atomic mass is 19.1. The molecule has 0 bridgehead atoms. The molecule has 0 aliphatic rings. The summed E-state index contributed by atoms with van der Waals surface area (Å²) in [5.41, 5.74) is 1.01. The van der Waals surface area contributed by atoms with E-state index in [9.17, 15) is 9.18 Å². The van der Waals surface area contributed by atoms with Gasteiger partial charge in [0.25, 0.3) is 0 Å². The number of amides is 1. The predicted octanol–water partition coefficient (Wildman–Crippen LogP) is 3.96. The average Bonchev–Trinajstić information content (AvgIpc) is 2.45. The van der Waals surface area contributed by atoms with Gasteiger partial charge in [0.15, 0.2) is 0 Å². The Morgan fingerprint density at radius 2 is 1.48 bits per heavy atom. The van der Waals surface area contributed by atoms with Crippen molar-refractivity contribution < 1.29 is 9.18 Å². The third kappa shape index (κ3) is 6.69. The second-order valence-corrected chi connectivity index (χ2v) is 7.23. The summed E-state index contributed by atoms with van der Waals surface area (Å²) in [5.74, 6) is 0.832. The van der Waals surface area contributed by atoms with Crippen LogP contribution in [-0.4, -0.2) is 42.4 Å². The summed E-state index contributed by atoms with van der Waals surface area (Å²) in [6.07, 6.45) is 0. The summed E-state index contributed by atoms with van der Waals surface area (Å²) in [5, 5.41) is 0. The lowest BCUT2D eigenvalue weighted by Crippen LogP contribution is -2.43. The lowest BCUT2D eigenvalue weighted by molar-refractivity contribution is -0.133. The van der Waals surface area contributed by atoms with Crippen LogP contribution in [-0.2, 0) is 4.79 Å². The summed E-state index contributed by atoms with van der Waals surface area (Å²) in [6, 6.07) is 6.55. The van der Waals surface area contributed by atoms with Crippen molar-refractivity contribution in [2.24, 2.45) is 11.8 Å². The number of benzene rings is 1. The molecule has 0 saturated heterocycles. The zero-order chi connectivity index (χ0) is 17.6. The van der Waals surface area contributed by atoms with Crippen LogP contribution in [0.3, 0.4) is 0 Å². The Balaban J connectivity index is 2.70. The highest BCUT2D eigenvalue weighted by Gasteiger charge is 2.20. The van der Waals surface area contributed by atoms with Crippen LogP contribution in [0.25, 0.3) is 0 Å². The molecule has 0 aliphatic carbocycles. The highest BCUT2D eigenvalue weighted by Crippen LogP contribution is 2.19. The number of carbonyl (C=O) groups is 1. The van der Waals surface area contributed by atoms with Crippen molar-refractivity contribution in [1.29, 1.82) is 0 Å². The Bertz CT molecular complexity index is 475. The maximum Gasteiger partial charge on any atom is 0.236 e. The molecule has 4 heteroatoms. The van der Waals surface area contributed by atoms with Crippen molar-refractivity contribution in [3.05, 3.63) is 35.6 Å². The van der Waals surface area contributed by atoms with Crippen molar-refractivity contribution in [2.75, 3.05) is 26.7 Å². The Morgan fingerprint density at radius 3 is 1.91 bits per heavy atom. The van der Waals surface area contributed by atoms with Gasteiger partial charge in [-0.05, 0) is 43.5 Å². The number of likely N-dealkylation sites (N-methyl/N-ethyl adjacent to an activating group) is 1. The first-order valence-corrected chi connectivity index (χ1v) is 8.44. The zero-order valence-electron chi connectivity index (χ0n) is 15.3. The van der Waals surface area contributed by atoms with Crippen LogP contribution < -0.4 is 0 Å². The van der Waals surface area contributed by atoms with E-state index in [0.717, 1.165) is 18.7 Å². The molecule has 0 radical (unpaired) electrons. The topological polar surface area (TPSA) is 23.6 Å². The normalized spacial score (nSPS) is 13.0. The van der Waals surface area contributed by atoms with Gasteiger partial charge in [-0.1, -0.05) is 39.8 Å². The van der Waals surface area contributed by atoms with Crippen LogP contribution in [0.4, 0.5) is 4.39 Å². The molecule has 0 saturated carbocycles. The van der Waals surface area contributed by atoms with E-state index >= 15 is 0 Å². The molecular weight excluding hydrogens is 291 g/mol. The van der Waals surface area contributed by atoms with Gasteiger partial charge in [-0.25, -0.2) is 4.39 Å². The first kappa shape index (κ1) is 19.6. The molecule has 0 fully saturated rings. The van der Waals surface area contributed by atoms with Gasteiger partial charge in [-0.2, -0.15) is 0 Å². The van der Waals surface area contributed by atoms with Crippen LogP contribution >= 0.6 is 0 Å². The molecule has 1 aromatic rings. The van der Waals surface area contributed by atoms with Crippen LogP contribution in [0.2, 0.25) is 0 Å². The molecule has 1 atom stereocenters. The quantitative estimate of drug-likeness (QED) is 0.723. The summed E-state index contributed by atoms with van der Waals surface area (Å²) in [6.45, 7) is 12.5. The fourth-order valence-electron chi connectivity index (χ4n) is 2.61. The smallest absolute Gasteiger partial charge is 0.236 e. The van der Waals surface area contributed by atoms with Gasteiger partial charge in [-0.15, -0.1) is 0 Å². The van der Waals surface area contributed by atoms with E-state index in [1.54, 1.807) is 12.1 Å². The van der Waals surface area contributed by atoms with Gasteiger partial charge in [0.2, 0.25) is 5.91 Å². The van der Waals surface area contributed by atoms with Crippen LogP contribution in [0, 0.1) is 17.7 Å². The van der Waals surface area contributed by atoms with Gasteiger partial charge in [0, 0.05) is 19.1 Å². The van der Waals surface area contributed by atoms with Gasteiger partial charge in [0.1, 0.15) is 5.82 Å². The molecule has 0 N–H and O–H groups in total. The van der Waals surface area contributed by atoms with Crippen LogP contribution in [0.5, 0.6) is 0 Å². The van der Waals surface area contributed by atoms with E-state index in [2.05, 4.69) is 27.7 Å². The molecule has 3 nitrogen and oxygen atoms in total. The Kier molecular flexibility index (Phi) is 7.69. The first-order valence-electron chi connectivity index (χ1n) is 8.44. The zero-order valence-corrected chi connectivity index (χ0v) is 15.3. The van der Waals surface area contributed by atoms with Crippen molar-refractivity contribution in [2.45, 2.75) is 40.7 Å². The SMILES string of the molecule is CC(C)CN(CC(C)C)C(=O)CN(C)C(C)c1ccc(F)cc1. The van der Waals surface area contributed by atoms with Gasteiger partial charge >= 0.3 is 0 Å². The molecule has 1 amide bonds. The molecule has 0 heterocycles. The Morgan fingerprint density at radius 1 is 1.00 bits per heavy atom. The molecule has 1 unspecified atom stereocenters. The molecule has 1 aromatic carbocycles. The Labute approximate surface area is 140 Å². The number of hydrogen-bond donors (Lipinski definition) is 0. The number of nitrogens with zero attached hydrogens (tertiary/aromatic N) is 2. The monoisotopic (exact) mass is 322 g/mol. The lowest BCUT2D eigenvalue weighted by Gasteiger charge is -2.30. The Hall–Kier alpha value is -1.42. The molecule has 0 spiro atoms. The van der Waals surface area contributed by atoms with Crippen molar-refractivity contribution in [3.8, 4) is 0 Å². The van der Waals surface area contributed by atoms with Crippen molar-refractivity contribution in [3.63, 3.8) is 0 Å². The summed E-state index contributed by atoms with van der Waals surface area (Å²) in [7, 11) is 1.94. The fraction of sp³-hybridized carbons (Fsp3) is 0.632. The second kappa shape index (κ2) is 9.02. The van der Waals surface area contributed by atoms with E-state index in [1.807, 2.05) is 23.8 Å². The minimum atomic E-state index is -0.236. The largest absolute Gasteiger partial charge is 0.341 e. The van der Waals surface area contributed by atoms with E-state index in [-0.39, 0.29) is 17.8 Å².